The normalized spacial score (nSPS) is 19.9. The van der Waals surface area contributed by atoms with Crippen molar-refractivity contribution in [1.29, 1.82) is 0 Å². The van der Waals surface area contributed by atoms with Crippen molar-refractivity contribution < 1.29 is 19.4 Å². The maximum absolute atomic E-state index is 11.4. The van der Waals surface area contributed by atoms with E-state index in [9.17, 15) is 9.90 Å². The minimum absolute atomic E-state index is 0.120. The zero-order valence-electron chi connectivity index (χ0n) is 20.6. The molecule has 0 spiro atoms. The molecule has 2 aliphatic carbocycles. The van der Waals surface area contributed by atoms with Crippen LogP contribution in [0.5, 0.6) is 11.5 Å². The highest BCUT2D eigenvalue weighted by molar-refractivity contribution is 5.70. The van der Waals surface area contributed by atoms with Crippen molar-refractivity contribution >= 4 is 11.8 Å². The fourth-order valence-corrected chi connectivity index (χ4v) is 4.61. The van der Waals surface area contributed by atoms with Crippen LogP contribution in [0.3, 0.4) is 0 Å². The van der Waals surface area contributed by atoms with Gasteiger partial charge in [0.15, 0.2) is 11.6 Å². The highest BCUT2D eigenvalue weighted by Crippen LogP contribution is 2.32. The van der Waals surface area contributed by atoms with Gasteiger partial charge in [-0.05, 0) is 64.0 Å². The van der Waals surface area contributed by atoms with Crippen molar-refractivity contribution in [2.24, 2.45) is 13.0 Å². The standard InChI is InChI=1S/C25H31N7O4/c1-15-21(36-18-8-3-5-16(13-18)25(33)34)10-9-19(28-15)23-20(32(2)31-29-23)14-26-24-22(11-12-27-30-24)35-17-6-4-7-17/h9-12,16-18H,3-8,13-14H2,1-2H3,(H,26,30)(H,33,34)/t16-,18-/m0/s1. The first-order valence-electron chi connectivity index (χ1n) is 12.5. The van der Waals surface area contributed by atoms with Crippen LogP contribution in [-0.2, 0) is 18.4 Å². The van der Waals surface area contributed by atoms with Gasteiger partial charge in [0, 0.05) is 13.1 Å². The summed E-state index contributed by atoms with van der Waals surface area (Å²) in [6.45, 7) is 2.30. The molecule has 2 atom stereocenters. The van der Waals surface area contributed by atoms with Crippen molar-refractivity contribution in [2.45, 2.75) is 70.6 Å². The number of nitrogens with zero attached hydrogens (tertiary/aromatic N) is 6. The molecule has 0 aromatic carbocycles. The van der Waals surface area contributed by atoms with E-state index in [1.54, 1.807) is 10.9 Å². The summed E-state index contributed by atoms with van der Waals surface area (Å²) in [6.07, 6.45) is 7.97. The Labute approximate surface area is 209 Å². The number of aliphatic carboxylic acids is 1. The molecule has 3 heterocycles. The van der Waals surface area contributed by atoms with Gasteiger partial charge in [0.25, 0.3) is 0 Å². The fraction of sp³-hybridized carbons (Fsp3) is 0.520. The minimum Gasteiger partial charge on any atom is -0.489 e. The molecule has 36 heavy (non-hydrogen) atoms. The van der Waals surface area contributed by atoms with Gasteiger partial charge < -0.3 is 19.9 Å². The molecule has 11 nitrogen and oxygen atoms in total. The summed E-state index contributed by atoms with van der Waals surface area (Å²) in [4.78, 5) is 16.1. The Morgan fingerprint density at radius 1 is 1.08 bits per heavy atom. The van der Waals surface area contributed by atoms with Crippen molar-refractivity contribution in [3.05, 3.63) is 35.8 Å². The van der Waals surface area contributed by atoms with Crippen LogP contribution in [0.4, 0.5) is 5.82 Å². The number of carboxylic acids is 1. The third kappa shape index (κ3) is 5.24. The van der Waals surface area contributed by atoms with Crippen LogP contribution in [0.2, 0.25) is 0 Å². The van der Waals surface area contributed by atoms with Crippen LogP contribution in [0.1, 0.15) is 56.3 Å². The van der Waals surface area contributed by atoms with Crippen LogP contribution >= 0.6 is 0 Å². The molecule has 11 heteroatoms. The first kappa shape index (κ1) is 24.0. The predicted molar refractivity (Wildman–Crippen MR) is 131 cm³/mol. The number of ether oxygens (including phenoxy) is 2. The summed E-state index contributed by atoms with van der Waals surface area (Å²) >= 11 is 0. The van der Waals surface area contributed by atoms with E-state index in [0.717, 1.165) is 37.1 Å². The van der Waals surface area contributed by atoms with Gasteiger partial charge in [0.05, 0.1) is 47.9 Å². The maximum atomic E-state index is 11.4. The van der Waals surface area contributed by atoms with Gasteiger partial charge in [-0.15, -0.1) is 10.2 Å². The monoisotopic (exact) mass is 493 g/mol. The minimum atomic E-state index is -0.750. The van der Waals surface area contributed by atoms with E-state index >= 15 is 0 Å². The lowest BCUT2D eigenvalue weighted by atomic mass is 9.87. The Bertz CT molecular complexity index is 1230. The largest absolute Gasteiger partial charge is 0.489 e. The number of hydrogen-bond acceptors (Lipinski definition) is 9. The van der Waals surface area contributed by atoms with Crippen LogP contribution in [0.25, 0.3) is 11.4 Å². The molecule has 2 aliphatic rings. The molecule has 2 fully saturated rings. The van der Waals surface area contributed by atoms with Crippen molar-refractivity contribution in [2.75, 3.05) is 5.32 Å². The number of hydrogen-bond donors (Lipinski definition) is 2. The summed E-state index contributed by atoms with van der Waals surface area (Å²) in [7, 11) is 1.84. The zero-order chi connectivity index (χ0) is 25.1. The number of anilines is 1. The van der Waals surface area contributed by atoms with Crippen LogP contribution in [0, 0.1) is 12.8 Å². The highest BCUT2D eigenvalue weighted by Gasteiger charge is 2.28. The smallest absolute Gasteiger partial charge is 0.306 e. The van der Waals surface area contributed by atoms with Gasteiger partial charge in [-0.2, -0.15) is 5.10 Å². The van der Waals surface area contributed by atoms with Gasteiger partial charge in [0.2, 0.25) is 0 Å². The number of nitrogens with one attached hydrogen (secondary N) is 1. The van der Waals surface area contributed by atoms with Crippen molar-refractivity contribution in [3.63, 3.8) is 0 Å². The molecule has 3 aromatic heterocycles. The molecular formula is C25H31N7O4. The molecule has 0 radical (unpaired) electrons. The van der Waals surface area contributed by atoms with E-state index in [-0.39, 0.29) is 18.1 Å². The second-order valence-electron chi connectivity index (χ2n) is 9.50. The van der Waals surface area contributed by atoms with Gasteiger partial charge in [-0.25, -0.2) is 9.67 Å². The number of pyridine rings is 1. The van der Waals surface area contributed by atoms with Crippen LogP contribution < -0.4 is 14.8 Å². The second kappa shape index (κ2) is 10.5. The lowest BCUT2D eigenvalue weighted by Gasteiger charge is -2.27. The van der Waals surface area contributed by atoms with E-state index in [2.05, 4.69) is 25.8 Å². The molecule has 0 unspecified atom stereocenters. The molecule has 190 valence electrons. The molecule has 2 N–H and O–H groups in total. The molecule has 5 rings (SSSR count). The molecular weight excluding hydrogens is 462 g/mol. The number of carboxylic acid groups (broad SMARTS) is 1. The van der Waals surface area contributed by atoms with Gasteiger partial charge in [-0.1, -0.05) is 5.21 Å². The quantitative estimate of drug-likeness (QED) is 0.455. The van der Waals surface area contributed by atoms with Crippen molar-refractivity contribution in [1.82, 2.24) is 30.2 Å². The van der Waals surface area contributed by atoms with E-state index in [1.165, 1.54) is 6.42 Å². The molecule has 3 aromatic rings. The number of rotatable bonds is 9. The average Bonchev–Trinajstić information content (AvgIpc) is 3.22. The number of aryl methyl sites for hydroxylation is 2. The third-order valence-electron chi connectivity index (χ3n) is 6.94. The van der Waals surface area contributed by atoms with E-state index in [0.29, 0.717) is 48.1 Å². The summed E-state index contributed by atoms with van der Waals surface area (Å²) in [5.74, 6) is 0.836. The topological polar surface area (TPSA) is 137 Å². The van der Waals surface area contributed by atoms with Crippen LogP contribution in [-0.4, -0.2) is 53.5 Å². The Balaban J connectivity index is 1.29. The lowest BCUT2D eigenvalue weighted by molar-refractivity contribution is -0.143. The first-order valence-corrected chi connectivity index (χ1v) is 12.5. The lowest BCUT2D eigenvalue weighted by Crippen LogP contribution is -2.29. The molecule has 0 bridgehead atoms. The summed E-state index contributed by atoms with van der Waals surface area (Å²) < 4.78 is 13.9. The van der Waals surface area contributed by atoms with Crippen LogP contribution in [0.15, 0.2) is 24.4 Å². The predicted octanol–water partition coefficient (Wildman–Crippen LogP) is 3.54. The van der Waals surface area contributed by atoms with E-state index in [1.807, 2.05) is 32.2 Å². The third-order valence-corrected chi connectivity index (χ3v) is 6.94. The Morgan fingerprint density at radius 3 is 2.61 bits per heavy atom. The summed E-state index contributed by atoms with van der Waals surface area (Å²) in [5, 5.41) is 29.4. The average molecular weight is 494 g/mol. The van der Waals surface area contributed by atoms with Gasteiger partial charge in [0.1, 0.15) is 11.4 Å². The Hall–Kier alpha value is -3.76. The number of carbonyl (C=O) groups is 1. The van der Waals surface area contributed by atoms with Gasteiger partial charge >= 0.3 is 5.97 Å². The SMILES string of the molecule is Cc1nc(-c2nnn(C)c2CNc2nnccc2OC2CCC2)ccc1O[C@H]1CCC[C@H](C(=O)O)C1. The van der Waals surface area contributed by atoms with E-state index < -0.39 is 5.97 Å². The highest BCUT2D eigenvalue weighted by atomic mass is 16.5. The second-order valence-corrected chi connectivity index (χ2v) is 9.50. The molecule has 0 saturated heterocycles. The zero-order valence-corrected chi connectivity index (χ0v) is 20.6. The Morgan fingerprint density at radius 2 is 1.86 bits per heavy atom. The van der Waals surface area contributed by atoms with Gasteiger partial charge in [-0.3, -0.25) is 4.79 Å². The first-order chi connectivity index (χ1) is 17.5. The molecule has 2 saturated carbocycles. The van der Waals surface area contributed by atoms with Crippen molar-refractivity contribution in [3.8, 4) is 22.9 Å². The maximum Gasteiger partial charge on any atom is 0.306 e. The molecule has 0 amide bonds. The molecule has 0 aliphatic heterocycles. The van der Waals surface area contributed by atoms with E-state index in [4.69, 9.17) is 14.5 Å². The fourth-order valence-electron chi connectivity index (χ4n) is 4.61. The summed E-state index contributed by atoms with van der Waals surface area (Å²) in [6, 6.07) is 5.56. The summed E-state index contributed by atoms with van der Waals surface area (Å²) in [5.41, 5.74) is 2.91. The Kier molecular flexibility index (Phi) is 6.97. The number of aromatic nitrogens is 6.